The minimum absolute atomic E-state index is 0.318. The molecule has 0 radical (unpaired) electrons. The van der Waals surface area contributed by atoms with Gasteiger partial charge in [0.05, 0.1) is 6.04 Å². The summed E-state index contributed by atoms with van der Waals surface area (Å²) in [7, 11) is 0. The number of hydrazine groups is 1. The Morgan fingerprint density at radius 1 is 1.44 bits per heavy atom. The molecule has 0 saturated heterocycles. The Kier molecular flexibility index (Phi) is 5.16. The molecule has 1 unspecified atom stereocenters. The van der Waals surface area contributed by atoms with E-state index in [-0.39, 0.29) is 0 Å². The fourth-order valence-corrected chi connectivity index (χ4v) is 4.31. The second-order valence-electron chi connectivity index (χ2n) is 4.37. The van der Waals surface area contributed by atoms with Gasteiger partial charge in [-0.1, -0.05) is 19.3 Å². The summed E-state index contributed by atoms with van der Waals surface area (Å²) in [5.41, 5.74) is 4.26. The molecule has 1 aliphatic carbocycles. The van der Waals surface area contributed by atoms with Crippen molar-refractivity contribution in [2.45, 2.75) is 43.4 Å². The first-order chi connectivity index (χ1) is 7.90. The van der Waals surface area contributed by atoms with E-state index in [4.69, 9.17) is 5.84 Å². The van der Waals surface area contributed by atoms with Crippen LogP contribution in [0.4, 0.5) is 0 Å². The number of thioether (sulfide) groups is 1. The molecule has 1 fully saturated rings. The van der Waals surface area contributed by atoms with E-state index in [0.29, 0.717) is 6.04 Å². The largest absolute Gasteiger partial charge is 0.271 e. The molecule has 90 valence electrons. The van der Waals surface area contributed by atoms with Gasteiger partial charge < -0.3 is 0 Å². The van der Waals surface area contributed by atoms with Gasteiger partial charge in [0.2, 0.25) is 0 Å². The molecular formula is C12H20N2S2. The number of rotatable bonds is 5. The molecule has 1 aliphatic rings. The molecule has 2 nitrogen and oxygen atoms in total. The molecule has 0 amide bonds. The van der Waals surface area contributed by atoms with Crippen molar-refractivity contribution < 1.29 is 0 Å². The summed E-state index contributed by atoms with van der Waals surface area (Å²) in [6.45, 7) is 0. The molecule has 1 saturated carbocycles. The molecular weight excluding hydrogens is 236 g/mol. The Labute approximate surface area is 106 Å². The zero-order chi connectivity index (χ0) is 11.2. The third kappa shape index (κ3) is 3.48. The minimum atomic E-state index is 0.318. The van der Waals surface area contributed by atoms with Crippen LogP contribution < -0.4 is 11.3 Å². The zero-order valence-corrected chi connectivity index (χ0v) is 11.2. The SMILES string of the molecule is NNC(CSC1CCCCC1)c1ccsc1. The Morgan fingerprint density at radius 3 is 2.88 bits per heavy atom. The van der Waals surface area contributed by atoms with Crippen LogP contribution in [0.25, 0.3) is 0 Å². The van der Waals surface area contributed by atoms with Gasteiger partial charge in [-0.05, 0) is 35.2 Å². The Morgan fingerprint density at radius 2 is 2.25 bits per heavy atom. The quantitative estimate of drug-likeness (QED) is 0.627. The summed E-state index contributed by atoms with van der Waals surface area (Å²) in [4.78, 5) is 0. The molecule has 1 aromatic heterocycles. The van der Waals surface area contributed by atoms with E-state index >= 15 is 0 Å². The average molecular weight is 256 g/mol. The molecule has 1 heterocycles. The Hall–Kier alpha value is -0.0300. The van der Waals surface area contributed by atoms with Gasteiger partial charge in [0, 0.05) is 11.0 Å². The highest BCUT2D eigenvalue weighted by Crippen LogP contribution is 2.31. The summed E-state index contributed by atoms with van der Waals surface area (Å²) >= 11 is 3.83. The Balaban J connectivity index is 1.78. The molecule has 1 aromatic rings. The van der Waals surface area contributed by atoms with Crippen molar-refractivity contribution in [1.82, 2.24) is 5.43 Å². The number of nitrogens with one attached hydrogen (secondary N) is 1. The summed E-state index contributed by atoms with van der Waals surface area (Å²) in [5.74, 6) is 6.72. The molecule has 0 aliphatic heterocycles. The lowest BCUT2D eigenvalue weighted by atomic mass is 10.0. The van der Waals surface area contributed by atoms with Crippen molar-refractivity contribution in [1.29, 1.82) is 0 Å². The van der Waals surface area contributed by atoms with E-state index < -0.39 is 0 Å². The fraction of sp³-hybridized carbons (Fsp3) is 0.667. The van der Waals surface area contributed by atoms with Gasteiger partial charge in [-0.15, -0.1) is 0 Å². The smallest absolute Gasteiger partial charge is 0.0558 e. The van der Waals surface area contributed by atoms with Gasteiger partial charge in [0.15, 0.2) is 0 Å². The summed E-state index contributed by atoms with van der Waals surface area (Å²) in [6, 6.07) is 2.48. The van der Waals surface area contributed by atoms with E-state index in [0.717, 1.165) is 11.0 Å². The van der Waals surface area contributed by atoms with Crippen molar-refractivity contribution in [2.75, 3.05) is 5.75 Å². The van der Waals surface area contributed by atoms with Crippen LogP contribution in [-0.4, -0.2) is 11.0 Å². The van der Waals surface area contributed by atoms with Crippen molar-refractivity contribution in [3.63, 3.8) is 0 Å². The maximum atomic E-state index is 5.62. The number of thiophene rings is 1. The van der Waals surface area contributed by atoms with Crippen LogP contribution in [0.1, 0.15) is 43.7 Å². The summed E-state index contributed by atoms with van der Waals surface area (Å²) < 4.78 is 0. The van der Waals surface area contributed by atoms with Crippen LogP contribution >= 0.6 is 23.1 Å². The fourth-order valence-electron chi connectivity index (χ4n) is 2.18. The predicted octanol–water partition coefficient (Wildman–Crippen LogP) is 3.32. The van der Waals surface area contributed by atoms with Crippen LogP contribution in [0, 0.1) is 0 Å². The van der Waals surface area contributed by atoms with E-state index in [1.807, 2.05) is 0 Å². The van der Waals surface area contributed by atoms with Crippen molar-refractivity contribution in [2.24, 2.45) is 5.84 Å². The lowest BCUT2D eigenvalue weighted by Crippen LogP contribution is -2.30. The minimum Gasteiger partial charge on any atom is -0.271 e. The zero-order valence-electron chi connectivity index (χ0n) is 9.52. The topological polar surface area (TPSA) is 38.0 Å². The van der Waals surface area contributed by atoms with Gasteiger partial charge in [-0.25, -0.2) is 0 Å². The van der Waals surface area contributed by atoms with Crippen LogP contribution in [0.3, 0.4) is 0 Å². The van der Waals surface area contributed by atoms with Gasteiger partial charge in [0.1, 0.15) is 0 Å². The number of hydrogen-bond donors (Lipinski definition) is 2. The van der Waals surface area contributed by atoms with E-state index in [1.54, 1.807) is 11.3 Å². The monoisotopic (exact) mass is 256 g/mol. The lowest BCUT2D eigenvalue weighted by Gasteiger charge is -2.23. The number of nitrogens with two attached hydrogens (primary N) is 1. The van der Waals surface area contributed by atoms with Crippen molar-refractivity contribution in [3.05, 3.63) is 22.4 Å². The average Bonchev–Trinajstić information content (AvgIpc) is 2.85. The maximum absolute atomic E-state index is 5.62. The number of hydrogen-bond acceptors (Lipinski definition) is 4. The third-order valence-corrected chi connectivity index (χ3v) is 5.37. The summed E-state index contributed by atoms with van der Waals surface area (Å²) in [6.07, 6.45) is 7.05. The van der Waals surface area contributed by atoms with Crippen LogP contribution in [-0.2, 0) is 0 Å². The van der Waals surface area contributed by atoms with Gasteiger partial charge in [-0.3, -0.25) is 11.3 Å². The molecule has 4 heteroatoms. The van der Waals surface area contributed by atoms with E-state index in [1.165, 1.54) is 37.7 Å². The normalized spacial score (nSPS) is 19.8. The highest BCUT2D eigenvalue weighted by molar-refractivity contribution is 7.99. The summed E-state index contributed by atoms with van der Waals surface area (Å²) in [5, 5.41) is 5.17. The molecule has 0 aromatic carbocycles. The van der Waals surface area contributed by atoms with Gasteiger partial charge in [-0.2, -0.15) is 23.1 Å². The van der Waals surface area contributed by atoms with Gasteiger partial charge in [0.25, 0.3) is 0 Å². The van der Waals surface area contributed by atoms with E-state index in [9.17, 15) is 0 Å². The molecule has 1 atom stereocenters. The highest BCUT2D eigenvalue weighted by Gasteiger charge is 2.17. The van der Waals surface area contributed by atoms with E-state index in [2.05, 4.69) is 34.0 Å². The molecule has 16 heavy (non-hydrogen) atoms. The second kappa shape index (κ2) is 6.64. The predicted molar refractivity (Wildman–Crippen MR) is 73.7 cm³/mol. The van der Waals surface area contributed by atoms with Crippen LogP contribution in [0.5, 0.6) is 0 Å². The van der Waals surface area contributed by atoms with Gasteiger partial charge >= 0.3 is 0 Å². The maximum Gasteiger partial charge on any atom is 0.0558 e. The second-order valence-corrected chi connectivity index (χ2v) is 6.48. The van der Waals surface area contributed by atoms with Crippen molar-refractivity contribution in [3.8, 4) is 0 Å². The molecule has 0 spiro atoms. The molecule has 3 N–H and O–H groups in total. The molecule has 2 rings (SSSR count). The van der Waals surface area contributed by atoms with Crippen molar-refractivity contribution >= 4 is 23.1 Å². The lowest BCUT2D eigenvalue weighted by molar-refractivity contribution is 0.514. The first-order valence-electron chi connectivity index (χ1n) is 6.00. The molecule has 0 bridgehead atoms. The third-order valence-electron chi connectivity index (χ3n) is 3.20. The van der Waals surface area contributed by atoms with Crippen LogP contribution in [0.15, 0.2) is 16.8 Å². The standard InChI is InChI=1S/C12H20N2S2/c13-14-12(10-6-7-15-8-10)9-16-11-4-2-1-3-5-11/h6-8,11-12,14H,1-5,9,13H2. The highest BCUT2D eigenvalue weighted by atomic mass is 32.2. The first-order valence-corrected chi connectivity index (χ1v) is 7.99. The Bertz CT molecular complexity index is 281. The van der Waals surface area contributed by atoms with Crippen LogP contribution in [0.2, 0.25) is 0 Å². The first kappa shape index (κ1) is 12.4.